The highest BCUT2D eigenvalue weighted by Gasteiger charge is 2.29. The van der Waals surface area contributed by atoms with Crippen LogP contribution < -0.4 is 9.47 Å². The second kappa shape index (κ2) is 10.9. The molecule has 3 fully saturated rings. The smallest absolute Gasteiger partial charge is 0.254 e. The first-order chi connectivity index (χ1) is 15.5. The Balaban J connectivity index is 1.45. The molecular formula is C26H40N2O4. The van der Waals surface area contributed by atoms with Crippen LogP contribution >= 0.6 is 0 Å². The van der Waals surface area contributed by atoms with E-state index in [1.807, 2.05) is 23.1 Å². The van der Waals surface area contributed by atoms with E-state index in [9.17, 15) is 4.79 Å². The van der Waals surface area contributed by atoms with E-state index in [0.29, 0.717) is 35.6 Å². The van der Waals surface area contributed by atoms with E-state index in [1.165, 1.54) is 19.3 Å². The number of ether oxygens (including phenoxy) is 3. The van der Waals surface area contributed by atoms with Gasteiger partial charge in [-0.25, -0.2) is 0 Å². The Morgan fingerprint density at radius 2 is 1.88 bits per heavy atom. The predicted octanol–water partition coefficient (Wildman–Crippen LogP) is 4.37. The maximum absolute atomic E-state index is 13.5. The number of hydrogen-bond acceptors (Lipinski definition) is 5. The molecule has 1 amide bonds. The van der Waals surface area contributed by atoms with Crippen molar-refractivity contribution < 1.29 is 19.0 Å². The van der Waals surface area contributed by atoms with E-state index in [-0.39, 0.29) is 18.1 Å². The summed E-state index contributed by atoms with van der Waals surface area (Å²) in [6.07, 6.45) is 8.16. The second-order valence-electron chi connectivity index (χ2n) is 9.95. The zero-order valence-electron chi connectivity index (χ0n) is 20.1. The molecule has 0 spiro atoms. The van der Waals surface area contributed by atoms with E-state index in [0.717, 1.165) is 51.9 Å². The third-order valence-electron chi connectivity index (χ3n) is 7.35. The predicted molar refractivity (Wildman–Crippen MR) is 126 cm³/mol. The van der Waals surface area contributed by atoms with Crippen LogP contribution in [0.15, 0.2) is 18.2 Å². The van der Waals surface area contributed by atoms with Gasteiger partial charge in [0.2, 0.25) is 0 Å². The summed E-state index contributed by atoms with van der Waals surface area (Å²) in [4.78, 5) is 18.0. The first-order valence-electron chi connectivity index (χ1n) is 12.5. The molecule has 6 nitrogen and oxygen atoms in total. The van der Waals surface area contributed by atoms with Crippen molar-refractivity contribution in [3.63, 3.8) is 0 Å². The van der Waals surface area contributed by atoms with Crippen LogP contribution in [0.1, 0.15) is 69.2 Å². The molecule has 0 aromatic heterocycles. The van der Waals surface area contributed by atoms with Crippen LogP contribution in [0.4, 0.5) is 0 Å². The van der Waals surface area contributed by atoms with Crippen LogP contribution in [-0.2, 0) is 4.74 Å². The second-order valence-corrected chi connectivity index (χ2v) is 9.95. The van der Waals surface area contributed by atoms with Crippen molar-refractivity contribution in [2.24, 2.45) is 5.92 Å². The van der Waals surface area contributed by atoms with E-state index in [4.69, 9.17) is 14.2 Å². The third kappa shape index (κ3) is 5.76. The molecule has 1 unspecified atom stereocenters. The Labute approximate surface area is 193 Å². The van der Waals surface area contributed by atoms with E-state index < -0.39 is 0 Å². The minimum absolute atomic E-state index is 0.0783. The van der Waals surface area contributed by atoms with Crippen molar-refractivity contribution in [2.45, 2.75) is 77.0 Å². The number of benzene rings is 1. The molecule has 1 aromatic carbocycles. The first kappa shape index (κ1) is 23.4. The lowest BCUT2D eigenvalue weighted by Crippen LogP contribution is -2.42. The molecule has 1 atom stereocenters. The van der Waals surface area contributed by atoms with Gasteiger partial charge in [0.1, 0.15) is 6.10 Å². The van der Waals surface area contributed by atoms with Gasteiger partial charge in [-0.05, 0) is 76.5 Å². The van der Waals surface area contributed by atoms with Gasteiger partial charge in [0.15, 0.2) is 11.5 Å². The van der Waals surface area contributed by atoms with E-state index in [1.54, 1.807) is 7.11 Å². The van der Waals surface area contributed by atoms with Gasteiger partial charge in [-0.3, -0.25) is 4.79 Å². The van der Waals surface area contributed by atoms with Crippen molar-refractivity contribution in [2.75, 3.05) is 39.9 Å². The highest BCUT2D eigenvalue weighted by molar-refractivity contribution is 5.95. The molecule has 6 heteroatoms. The molecule has 0 radical (unpaired) electrons. The maximum Gasteiger partial charge on any atom is 0.254 e. The minimum Gasteiger partial charge on any atom is -0.493 e. The zero-order chi connectivity index (χ0) is 22.5. The summed E-state index contributed by atoms with van der Waals surface area (Å²) in [5.41, 5.74) is 0.678. The molecule has 4 rings (SSSR count). The molecule has 32 heavy (non-hydrogen) atoms. The van der Waals surface area contributed by atoms with E-state index in [2.05, 4.69) is 18.7 Å². The molecule has 2 aliphatic heterocycles. The van der Waals surface area contributed by atoms with Gasteiger partial charge >= 0.3 is 0 Å². The quantitative estimate of drug-likeness (QED) is 0.566. The van der Waals surface area contributed by atoms with Crippen molar-refractivity contribution >= 4 is 5.91 Å². The normalized spacial score (nSPS) is 22.7. The van der Waals surface area contributed by atoms with Gasteiger partial charge in [-0.15, -0.1) is 0 Å². The van der Waals surface area contributed by atoms with Gasteiger partial charge < -0.3 is 24.0 Å². The third-order valence-corrected chi connectivity index (χ3v) is 7.35. The van der Waals surface area contributed by atoms with Gasteiger partial charge in [0.25, 0.3) is 5.91 Å². The van der Waals surface area contributed by atoms with Crippen molar-refractivity contribution in [1.29, 1.82) is 0 Å². The molecule has 1 aliphatic carbocycles. The zero-order valence-corrected chi connectivity index (χ0v) is 20.1. The fourth-order valence-electron chi connectivity index (χ4n) is 5.04. The van der Waals surface area contributed by atoms with Gasteiger partial charge in [-0.1, -0.05) is 6.42 Å². The number of carbonyl (C=O) groups excluding carboxylic acids is 1. The summed E-state index contributed by atoms with van der Waals surface area (Å²) < 4.78 is 17.8. The standard InChI is InChI=1S/C26H40N2O4/c1-19(2)27-13-11-22(12-14-27)32-25-16-21(9-10-24(25)30-3)26(29)28(17-20-6-4-7-20)18-23-8-5-15-31-23/h9-10,16,19-20,22-23H,4-8,11-15,17-18H2,1-3H3. The highest BCUT2D eigenvalue weighted by atomic mass is 16.5. The van der Waals surface area contributed by atoms with Crippen LogP contribution in [0.25, 0.3) is 0 Å². The number of likely N-dealkylation sites (tertiary alicyclic amines) is 1. The number of methoxy groups -OCH3 is 1. The average molecular weight is 445 g/mol. The summed E-state index contributed by atoms with van der Waals surface area (Å²) in [5, 5.41) is 0. The Kier molecular flexibility index (Phi) is 7.95. The fourth-order valence-corrected chi connectivity index (χ4v) is 5.04. The topological polar surface area (TPSA) is 51.2 Å². The van der Waals surface area contributed by atoms with Gasteiger partial charge in [0.05, 0.1) is 13.2 Å². The number of amides is 1. The summed E-state index contributed by atoms with van der Waals surface area (Å²) in [7, 11) is 1.66. The molecule has 2 heterocycles. The van der Waals surface area contributed by atoms with Crippen LogP contribution in [0.2, 0.25) is 0 Å². The highest BCUT2D eigenvalue weighted by Crippen LogP contribution is 2.33. The Morgan fingerprint density at radius 3 is 2.47 bits per heavy atom. The number of hydrogen-bond donors (Lipinski definition) is 0. The van der Waals surface area contributed by atoms with Crippen molar-refractivity contribution in [3.05, 3.63) is 23.8 Å². The largest absolute Gasteiger partial charge is 0.493 e. The minimum atomic E-state index is 0.0783. The monoisotopic (exact) mass is 444 g/mol. The number of carbonyl (C=O) groups is 1. The molecular weight excluding hydrogens is 404 g/mol. The lowest BCUT2D eigenvalue weighted by atomic mass is 9.85. The maximum atomic E-state index is 13.5. The molecule has 2 saturated heterocycles. The Bertz CT molecular complexity index is 750. The molecule has 0 bridgehead atoms. The van der Waals surface area contributed by atoms with Crippen LogP contribution in [0, 0.1) is 5.92 Å². The first-order valence-corrected chi connectivity index (χ1v) is 12.5. The summed E-state index contributed by atoms with van der Waals surface area (Å²) in [6, 6.07) is 6.20. The Hall–Kier alpha value is -1.79. The molecule has 1 saturated carbocycles. The molecule has 0 N–H and O–H groups in total. The summed E-state index contributed by atoms with van der Waals surface area (Å²) in [6.45, 7) is 8.89. The number of piperidine rings is 1. The summed E-state index contributed by atoms with van der Waals surface area (Å²) in [5.74, 6) is 2.08. The fraction of sp³-hybridized carbons (Fsp3) is 0.731. The van der Waals surface area contributed by atoms with Crippen molar-refractivity contribution in [1.82, 2.24) is 9.80 Å². The SMILES string of the molecule is COc1ccc(C(=O)N(CC2CCC2)CC2CCCO2)cc1OC1CCN(C(C)C)CC1. The molecule has 178 valence electrons. The summed E-state index contributed by atoms with van der Waals surface area (Å²) >= 11 is 0. The van der Waals surface area contributed by atoms with Crippen molar-refractivity contribution in [3.8, 4) is 11.5 Å². The number of nitrogens with zero attached hydrogens (tertiary/aromatic N) is 2. The Morgan fingerprint density at radius 1 is 1.09 bits per heavy atom. The molecule has 3 aliphatic rings. The lowest BCUT2D eigenvalue weighted by Gasteiger charge is -2.35. The van der Waals surface area contributed by atoms with Gasteiger partial charge in [0, 0.05) is 44.4 Å². The van der Waals surface area contributed by atoms with Crippen LogP contribution in [-0.4, -0.2) is 73.9 Å². The number of rotatable bonds is 9. The lowest BCUT2D eigenvalue weighted by molar-refractivity contribution is 0.0446. The van der Waals surface area contributed by atoms with Gasteiger partial charge in [-0.2, -0.15) is 0 Å². The van der Waals surface area contributed by atoms with Crippen LogP contribution in [0.3, 0.4) is 0 Å². The van der Waals surface area contributed by atoms with E-state index >= 15 is 0 Å². The average Bonchev–Trinajstić information content (AvgIpc) is 3.28. The van der Waals surface area contributed by atoms with Crippen LogP contribution in [0.5, 0.6) is 11.5 Å². The molecule has 1 aromatic rings.